The summed E-state index contributed by atoms with van der Waals surface area (Å²) in [5.41, 5.74) is 0. The van der Waals surface area contributed by atoms with Crippen molar-refractivity contribution in [2.24, 2.45) is 0 Å². The van der Waals surface area contributed by atoms with Crippen molar-refractivity contribution in [3.8, 4) is 0 Å². The Labute approximate surface area is 124 Å². The molecule has 1 fully saturated rings. The third-order valence-electron chi connectivity index (χ3n) is 3.13. The molecule has 0 aromatic carbocycles. The van der Waals surface area contributed by atoms with Crippen LogP contribution in [0.2, 0.25) is 0 Å². The molecule has 1 aromatic heterocycles. The molecule has 1 aliphatic heterocycles. The molecule has 0 bridgehead atoms. The van der Waals surface area contributed by atoms with Gasteiger partial charge < -0.3 is 14.4 Å². The van der Waals surface area contributed by atoms with Crippen LogP contribution >= 0.6 is 0 Å². The van der Waals surface area contributed by atoms with Gasteiger partial charge in [0.1, 0.15) is 24.6 Å². The fraction of sp³-hybridized carbons (Fsp3) is 0.750. The number of aromatic nitrogens is 3. The molecule has 1 aliphatic rings. The highest BCUT2D eigenvalue weighted by atomic mass is 19.4. The summed E-state index contributed by atoms with van der Waals surface area (Å²) in [4.78, 5) is 17.7. The maximum atomic E-state index is 12.1. The van der Waals surface area contributed by atoms with Crippen molar-refractivity contribution in [1.29, 1.82) is 0 Å². The van der Waals surface area contributed by atoms with E-state index in [2.05, 4.69) is 19.9 Å². The van der Waals surface area contributed by atoms with Gasteiger partial charge in [0, 0.05) is 6.54 Å². The van der Waals surface area contributed by atoms with Crippen LogP contribution in [0, 0.1) is 6.92 Å². The molecule has 1 N–H and O–H groups in total. The van der Waals surface area contributed by atoms with Gasteiger partial charge in [-0.2, -0.15) is 18.3 Å². The molecule has 0 saturated carbocycles. The van der Waals surface area contributed by atoms with Gasteiger partial charge in [-0.05, 0) is 13.8 Å². The van der Waals surface area contributed by atoms with Gasteiger partial charge >= 0.3 is 6.18 Å². The van der Waals surface area contributed by atoms with Gasteiger partial charge in [0.15, 0.2) is 5.82 Å². The summed E-state index contributed by atoms with van der Waals surface area (Å²) in [6.07, 6.45) is -6.13. The lowest BCUT2D eigenvalue weighted by atomic mass is 10.2. The zero-order valence-electron chi connectivity index (χ0n) is 12.2. The zero-order valence-corrected chi connectivity index (χ0v) is 12.2. The fourth-order valence-corrected chi connectivity index (χ4v) is 2.06. The third kappa shape index (κ3) is 4.41. The molecule has 0 radical (unpaired) electrons. The molecule has 2 rings (SSSR count). The lowest BCUT2D eigenvalue weighted by molar-refractivity contribution is -0.190. The molecule has 7 nitrogen and oxygen atoms in total. The topological polar surface area (TPSA) is 80.3 Å². The van der Waals surface area contributed by atoms with E-state index in [-0.39, 0.29) is 13.2 Å². The molecule has 1 amide bonds. The van der Waals surface area contributed by atoms with E-state index in [1.54, 1.807) is 6.92 Å². The summed E-state index contributed by atoms with van der Waals surface area (Å²) in [5, 5.41) is 6.64. The Morgan fingerprint density at radius 1 is 1.59 bits per heavy atom. The summed E-state index contributed by atoms with van der Waals surface area (Å²) in [6, 6.07) is 0. The highest BCUT2D eigenvalue weighted by Gasteiger charge is 2.33. The Morgan fingerprint density at radius 2 is 2.32 bits per heavy atom. The van der Waals surface area contributed by atoms with Crippen LogP contribution in [0.3, 0.4) is 0 Å². The zero-order chi connectivity index (χ0) is 16.3. The van der Waals surface area contributed by atoms with Crippen LogP contribution in [0.15, 0.2) is 0 Å². The average Bonchev–Trinajstić information content (AvgIpc) is 2.90. The summed E-state index contributed by atoms with van der Waals surface area (Å²) in [5.74, 6) is 0.521. The number of ether oxygens (including phenoxy) is 2. The van der Waals surface area contributed by atoms with Crippen LogP contribution in [0.5, 0.6) is 0 Å². The number of H-pyrrole nitrogens is 1. The smallest absolute Gasteiger partial charge is 0.366 e. The summed E-state index contributed by atoms with van der Waals surface area (Å²) < 4.78 is 46.4. The molecular weight excluding hydrogens is 305 g/mol. The average molecular weight is 322 g/mol. The molecule has 1 saturated heterocycles. The molecular formula is C12H17F3N4O3. The number of alkyl halides is 3. The van der Waals surface area contributed by atoms with Gasteiger partial charge in [0.05, 0.1) is 13.2 Å². The number of carbonyl (C=O) groups is 1. The van der Waals surface area contributed by atoms with Gasteiger partial charge in [0.25, 0.3) is 5.91 Å². The van der Waals surface area contributed by atoms with Gasteiger partial charge in [0.2, 0.25) is 0 Å². The van der Waals surface area contributed by atoms with Crippen LogP contribution in [0.25, 0.3) is 0 Å². The number of nitrogens with zero attached hydrogens (tertiary/aromatic N) is 3. The normalized spacial score (nSPS) is 21.0. The number of halogens is 3. The van der Waals surface area contributed by atoms with Crippen molar-refractivity contribution >= 4 is 5.91 Å². The predicted octanol–water partition coefficient (Wildman–Crippen LogP) is 0.980. The van der Waals surface area contributed by atoms with Crippen LogP contribution < -0.4 is 0 Å². The number of nitrogens with one attached hydrogen (secondary N) is 1. The van der Waals surface area contributed by atoms with Gasteiger partial charge in [-0.1, -0.05) is 0 Å². The minimum atomic E-state index is -4.46. The number of morpholine rings is 1. The first kappa shape index (κ1) is 16.7. The minimum absolute atomic E-state index is 0.176. The van der Waals surface area contributed by atoms with E-state index in [1.165, 1.54) is 11.8 Å². The first-order valence-corrected chi connectivity index (χ1v) is 6.74. The maximum Gasteiger partial charge on any atom is 0.411 e. The van der Waals surface area contributed by atoms with E-state index in [4.69, 9.17) is 4.74 Å². The third-order valence-corrected chi connectivity index (χ3v) is 3.13. The summed E-state index contributed by atoms with van der Waals surface area (Å²) in [6.45, 7) is 2.31. The van der Waals surface area contributed by atoms with Gasteiger partial charge in [-0.3, -0.25) is 9.89 Å². The number of hydrogen-bond donors (Lipinski definition) is 1. The van der Waals surface area contributed by atoms with Crippen molar-refractivity contribution in [3.05, 3.63) is 11.6 Å². The number of hydrogen-bond acceptors (Lipinski definition) is 5. The first-order chi connectivity index (χ1) is 10.3. The van der Waals surface area contributed by atoms with E-state index in [9.17, 15) is 18.0 Å². The van der Waals surface area contributed by atoms with Crippen molar-refractivity contribution < 1.29 is 27.4 Å². The van der Waals surface area contributed by atoms with Crippen LogP contribution in [0.4, 0.5) is 13.2 Å². The van der Waals surface area contributed by atoms with Gasteiger partial charge in [-0.15, -0.1) is 0 Å². The Kier molecular flexibility index (Phi) is 5.01. The molecule has 0 aliphatic carbocycles. The van der Waals surface area contributed by atoms with E-state index in [0.717, 1.165) is 0 Å². The second kappa shape index (κ2) is 6.61. The number of aryl methyl sites for hydroxylation is 1. The highest BCUT2D eigenvalue weighted by Crippen LogP contribution is 2.21. The molecule has 124 valence electrons. The minimum Gasteiger partial charge on any atom is -0.366 e. The second-order valence-corrected chi connectivity index (χ2v) is 4.99. The lowest BCUT2D eigenvalue weighted by Crippen LogP contribution is -2.47. The maximum absolute atomic E-state index is 12.1. The van der Waals surface area contributed by atoms with E-state index in [0.29, 0.717) is 18.2 Å². The Morgan fingerprint density at radius 3 is 2.91 bits per heavy atom. The fourth-order valence-electron chi connectivity index (χ4n) is 2.06. The van der Waals surface area contributed by atoms with E-state index >= 15 is 0 Å². The van der Waals surface area contributed by atoms with Gasteiger partial charge in [-0.25, -0.2) is 4.98 Å². The van der Waals surface area contributed by atoms with Crippen molar-refractivity contribution in [3.63, 3.8) is 0 Å². The Hall–Kier alpha value is -1.68. The van der Waals surface area contributed by atoms with Crippen molar-refractivity contribution in [2.75, 3.05) is 26.3 Å². The Balaban J connectivity index is 1.92. The van der Waals surface area contributed by atoms with Crippen molar-refractivity contribution in [1.82, 2.24) is 20.1 Å². The SMILES string of the molecule is Cc1nc([C@H]2CN(C(=O)[C@@H](C)OCC(F)(F)F)CCO2)n[nH]1. The molecule has 22 heavy (non-hydrogen) atoms. The Bertz CT molecular complexity index is 520. The number of rotatable bonds is 4. The largest absolute Gasteiger partial charge is 0.411 e. The molecule has 2 atom stereocenters. The standard InChI is InChI=1S/C12H17F3N4O3/c1-7(22-6-12(13,14)15)11(20)19-3-4-21-9(5-19)10-16-8(2)17-18-10/h7,9H,3-6H2,1-2H3,(H,16,17,18)/t7-,9-/m1/s1. The molecule has 1 aromatic rings. The monoisotopic (exact) mass is 322 g/mol. The number of aromatic amines is 1. The quantitative estimate of drug-likeness (QED) is 0.894. The predicted molar refractivity (Wildman–Crippen MR) is 67.9 cm³/mol. The van der Waals surface area contributed by atoms with Crippen LogP contribution in [-0.4, -0.2) is 64.6 Å². The highest BCUT2D eigenvalue weighted by molar-refractivity contribution is 5.80. The summed E-state index contributed by atoms with van der Waals surface area (Å²) >= 11 is 0. The number of carbonyl (C=O) groups excluding carboxylic acids is 1. The summed E-state index contributed by atoms with van der Waals surface area (Å²) in [7, 11) is 0. The van der Waals surface area contributed by atoms with Crippen LogP contribution in [0.1, 0.15) is 24.7 Å². The molecule has 2 heterocycles. The second-order valence-electron chi connectivity index (χ2n) is 4.99. The van der Waals surface area contributed by atoms with Crippen molar-refractivity contribution in [2.45, 2.75) is 32.2 Å². The van der Waals surface area contributed by atoms with E-state index < -0.39 is 30.9 Å². The number of amides is 1. The van der Waals surface area contributed by atoms with E-state index in [1.807, 2.05) is 0 Å². The molecule has 10 heteroatoms. The first-order valence-electron chi connectivity index (χ1n) is 6.74. The van der Waals surface area contributed by atoms with Crippen LogP contribution in [-0.2, 0) is 14.3 Å². The lowest BCUT2D eigenvalue weighted by Gasteiger charge is -2.33. The molecule has 0 unspecified atom stereocenters. The molecule has 0 spiro atoms.